The van der Waals surface area contributed by atoms with E-state index in [9.17, 15) is 14.4 Å². The molecule has 0 bridgehead atoms. The number of esters is 1. The summed E-state index contributed by atoms with van der Waals surface area (Å²) in [7, 11) is 0. The molecule has 2 amide bonds. The molecule has 34 heavy (non-hydrogen) atoms. The molecular weight excluding hydrogens is 428 g/mol. The highest BCUT2D eigenvalue weighted by molar-refractivity contribution is 6.08. The van der Waals surface area contributed by atoms with Crippen LogP contribution in [0.3, 0.4) is 0 Å². The van der Waals surface area contributed by atoms with E-state index in [2.05, 4.69) is 0 Å². The Balaban J connectivity index is 1.57. The smallest absolute Gasteiger partial charge is 0.311 e. The molecular formula is C28H30N2O4. The van der Waals surface area contributed by atoms with Gasteiger partial charge in [-0.1, -0.05) is 48.5 Å². The Morgan fingerprint density at radius 1 is 1.09 bits per heavy atom. The minimum Gasteiger partial charge on any atom is -0.466 e. The van der Waals surface area contributed by atoms with Gasteiger partial charge in [0.2, 0.25) is 5.91 Å². The van der Waals surface area contributed by atoms with Crippen LogP contribution in [0, 0.1) is 11.8 Å². The van der Waals surface area contributed by atoms with E-state index < -0.39 is 17.4 Å². The second kappa shape index (κ2) is 8.75. The minimum absolute atomic E-state index is 0.114. The molecule has 0 spiro atoms. The third-order valence-corrected chi connectivity index (χ3v) is 7.40. The van der Waals surface area contributed by atoms with Crippen molar-refractivity contribution in [3.8, 4) is 0 Å². The highest BCUT2D eigenvalue weighted by Crippen LogP contribution is 2.54. The standard InChI is InChI=1S/C28H30N2O4/c1-3-34-26(32)22-18-30(24(31)16-15-19-9-5-4-6-10-19)28(2)25(22)21-11-7-8-12-23(21)29(27(28)33)17-20-13-14-20/h4-12,15-16,20,22,25H,3,13-14,17-18H2,1-2H3/b16-15+/t22-,25+,28-/m0/s1. The summed E-state index contributed by atoms with van der Waals surface area (Å²) in [6.07, 6.45) is 5.48. The SMILES string of the molecule is CCOC(=O)[C@H]1CN(C(=O)/C=C/c2ccccc2)[C@]2(C)C(=O)N(CC3CC3)c3ccccc3[C@H]12. The van der Waals surface area contributed by atoms with Gasteiger partial charge in [0.05, 0.1) is 12.5 Å². The second-order valence-corrected chi connectivity index (χ2v) is 9.59. The maximum absolute atomic E-state index is 14.1. The molecule has 176 valence electrons. The van der Waals surface area contributed by atoms with E-state index in [0.29, 0.717) is 12.5 Å². The van der Waals surface area contributed by atoms with Gasteiger partial charge in [0.25, 0.3) is 5.91 Å². The van der Waals surface area contributed by atoms with Crippen molar-refractivity contribution in [2.45, 2.75) is 38.1 Å². The number of nitrogens with zero attached hydrogens (tertiary/aromatic N) is 2. The van der Waals surface area contributed by atoms with Crippen molar-refractivity contribution in [3.63, 3.8) is 0 Å². The number of ether oxygens (including phenoxy) is 1. The molecule has 0 radical (unpaired) electrons. The lowest BCUT2D eigenvalue weighted by atomic mass is 9.72. The summed E-state index contributed by atoms with van der Waals surface area (Å²) in [5, 5.41) is 0. The molecule has 3 aliphatic rings. The van der Waals surface area contributed by atoms with Gasteiger partial charge in [-0.2, -0.15) is 0 Å². The number of para-hydroxylation sites is 1. The predicted octanol–water partition coefficient (Wildman–Crippen LogP) is 4.02. The number of hydrogen-bond acceptors (Lipinski definition) is 4. The number of hydrogen-bond donors (Lipinski definition) is 0. The van der Waals surface area contributed by atoms with Gasteiger partial charge in [-0.3, -0.25) is 14.4 Å². The topological polar surface area (TPSA) is 66.9 Å². The second-order valence-electron chi connectivity index (χ2n) is 9.59. The molecule has 2 aromatic carbocycles. The quantitative estimate of drug-likeness (QED) is 0.484. The number of fused-ring (bicyclic) bond motifs is 3. The summed E-state index contributed by atoms with van der Waals surface area (Å²) < 4.78 is 5.41. The maximum atomic E-state index is 14.1. The van der Waals surface area contributed by atoms with E-state index in [1.54, 1.807) is 17.9 Å². The monoisotopic (exact) mass is 458 g/mol. The van der Waals surface area contributed by atoms with Gasteiger partial charge in [-0.05, 0) is 55.9 Å². The largest absolute Gasteiger partial charge is 0.466 e. The molecule has 6 heteroatoms. The number of benzene rings is 2. The van der Waals surface area contributed by atoms with Crippen LogP contribution in [-0.4, -0.2) is 47.9 Å². The van der Waals surface area contributed by atoms with E-state index in [-0.39, 0.29) is 30.9 Å². The summed E-state index contributed by atoms with van der Waals surface area (Å²) in [5.74, 6) is -1.33. The van der Waals surface area contributed by atoms with Crippen LogP contribution in [0.5, 0.6) is 0 Å². The fourth-order valence-corrected chi connectivity index (χ4v) is 5.54. The number of carbonyl (C=O) groups excluding carboxylic acids is 3. The van der Waals surface area contributed by atoms with Crippen LogP contribution in [-0.2, 0) is 19.1 Å². The van der Waals surface area contributed by atoms with Gasteiger partial charge in [0.15, 0.2) is 0 Å². The molecule has 2 aromatic rings. The third kappa shape index (κ3) is 3.71. The molecule has 2 aliphatic heterocycles. The third-order valence-electron chi connectivity index (χ3n) is 7.40. The first-order valence-corrected chi connectivity index (χ1v) is 12.1. The summed E-state index contributed by atoms with van der Waals surface area (Å²) in [6.45, 7) is 4.64. The van der Waals surface area contributed by atoms with Crippen LogP contribution in [0.4, 0.5) is 5.69 Å². The highest BCUT2D eigenvalue weighted by Gasteiger charge is 2.63. The molecule has 0 N–H and O–H groups in total. The highest BCUT2D eigenvalue weighted by atomic mass is 16.5. The number of likely N-dealkylation sites (tertiary alicyclic amines) is 1. The molecule has 1 saturated heterocycles. The Labute approximate surface area is 200 Å². The summed E-state index contributed by atoms with van der Waals surface area (Å²) in [6, 6.07) is 17.4. The Bertz CT molecular complexity index is 1140. The summed E-state index contributed by atoms with van der Waals surface area (Å²) in [4.78, 5) is 44.2. The Morgan fingerprint density at radius 3 is 2.50 bits per heavy atom. The lowest BCUT2D eigenvalue weighted by Gasteiger charge is -2.46. The van der Waals surface area contributed by atoms with Crippen LogP contribution < -0.4 is 4.90 Å². The van der Waals surface area contributed by atoms with E-state index in [1.807, 2.05) is 66.4 Å². The molecule has 0 aromatic heterocycles. The average molecular weight is 459 g/mol. The zero-order valence-electron chi connectivity index (χ0n) is 19.6. The van der Waals surface area contributed by atoms with Crippen molar-refractivity contribution in [1.82, 2.24) is 4.90 Å². The van der Waals surface area contributed by atoms with Gasteiger partial charge >= 0.3 is 5.97 Å². The normalized spacial score (nSPS) is 25.9. The number of carbonyl (C=O) groups is 3. The molecule has 6 nitrogen and oxygen atoms in total. The van der Waals surface area contributed by atoms with E-state index in [4.69, 9.17) is 4.74 Å². The lowest BCUT2D eigenvalue weighted by Crippen LogP contribution is -2.61. The van der Waals surface area contributed by atoms with Gasteiger partial charge < -0.3 is 14.5 Å². The van der Waals surface area contributed by atoms with E-state index in [1.165, 1.54) is 6.08 Å². The van der Waals surface area contributed by atoms with Crippen LogP contribution in [0.25, 0.3) is 6.08 Å². The first kappa shape index (κ1) is 22.4. The van der Waals surface area contributed by atoms with Crippen molar-refractivity contribution in [2.75, 3.05) is 24.6 Å². The average Bonchev–Trinajstić information content (AvgIpc) is 3.61. The summed E-state index contributed by atoms with van der Waals surface area (Å²) >= 11 is 0. The Hall–Kier alpha value is -3.41. The van der Waals surface area contributed by atoms with Crippen LogP contribution in [0.2, 0.25) is 0 Å². The number of anilines is 1. The molecule has 1 saturated carbocycles. The molecule has 0 unspecified atom stereocenters. The van der Waals surface area contributed by atoms with Crippen molar-refractivity contribution < 1.29 is 19.1 Å². The van der Waals surface area contributed by atoms with Gasteiger partial charge in [-0.25, -0.2) is 0 Å². The zero-order chi connectivity index (χ0) is 23.9. The van der Waals surface area contributed by atoms with Gasteiger partial charge in [-0.15, -0.1) is 0 Å². The molecule has 5 rings (SSSR count). The molecule has 1 aliphatic carbocycles. The van der Waals surface area contributed by atoms with Crippen LogP contribution in [0.1, 0.15) is 43.7 Å². The zero-order valence-corrected chi connectivity index (χ0v) is 19.6. The first-order valence-electron chi connectivity index (χ1n) is 12.1. The number of amides is 2. The molecule has 2 fully saturated rings. The molecule has 2 heterocycles. The van der Waals surface area contributed by atoms with E-state index >= 15 is 0 Å². The van der Waals surface area contributed by atoms with Crippen molar-refractivity contribution >= 4 is 29.5 Å². The van der Waals surface area contributed by atoms with Crippen molar-refractivity contribution in [1.29, 1.82) is 0 Å². The van der Waals surface area contributed by atoms with Crippen LogP contribution >= 0.6 is 0 Å². The molecule has 3 atom stereocenters. The first-order chi connectivity index (χ1) is 16.4. The predicted molar refractivity (Wildman–Crippen MR) is 130 cm³/mol. The fourth-order valence-electron chi connectivity index (χ4n) is 5.54. The maximum Gasteiger partial charge on any atom is 0.311 e. The van der Waals surface area contributed by atoms with Gasteiger partial charge in [0, 0.05) is 30.8 Å². The van der Waals surface area contributed by atoms with Crippen LogP contribution in [0.15, 0.2) is 60.7 Å². The lowest BCUT2D eigenvalue weighted by molar-refractivity contribution is -0.148. The summed E-state index contributed by atoms with van der Waals surface area (Å²) in [5.41, 5.74) is 1.52. The fraction of sp³-hybridized carbons (Fsp3) is 0.393. The number of rotatable bonds is 6. The van der Waals surface area contributed by atoms with Crippen molar-refractivity contribution in [2.24, 2.45) is 11.8 Å². The van der Waals surface area contributed by atoms with Gasteiger partial charge in [0.1, 0.15) is 5.54 Å². The Kier molecular flexibility index (Phi) is 5.76. The van der Waals surface area contributed by atoms with Crippen molar-refractivity contribution in [3.05, 3.63) is 71.8 Å². The Morgan fingerprint density at radius 2 is 1.79 bits per heavy atom. The minimum atomic E-state index is -1.17. The van der Waals surface area contributed by atoms with E-state index in [0.717, 1.165) is 29.7 Å².